The number of H-pyrrole nitrogens is 1. The Morgan fingerprint density at radius 1 is 1.37 bits per heavy atom. The van der Waals surface area contributed by atoms with Gasteiger partial charge < -0.3 is 9.72 Å². The summed E-state index contributed by atoms with van der Waals surface area (Å²) in [6, 6.07) is 5.68. The number of ketones is 2. The summed E-state index contributed by atoms with van der Waals surface area (Å²) in [5.41, 5.74) is 1.61. The van der Waals surface area contributed by atoms with Crippen LogP contribution in [0.5, 0.6) is 5.75 Å². The fourth-order valence-corrected chi connectivity index (χ4v) is 6.88. The number of carbonyl (C=O) groups excluding carboxylic acids is 2. The minimum atomic E-state index is -1.23. The first kappa shape index (κ1) is 28.3. The molecule has 1 N–H and O–H groups in total. The molecular formula is C30H39N3O4S. The summed E-state index contributed by atoms with van der Waals surface area (Å²) in [6.45, 7) is 8.70. The molecule has 0 spiro atoms. The average molecular weight is 538 g/mol. The van der Waals surface area contributed by atoms with Crippen molar-refractivity contribution in [3.8, 4) is 5.75 Å². The quantitative estimate of drug-likeness (QED) is 0.214. The number of carbonyl (C=O) groups is 2. The maximum atomic E-state index is 13.6. The van der Waals surface area contributed by atoms with E-state index in [2.05, 4.69) is 28.1 Å². The van der Waals surface area contributed by atoms with Crippen molar-refractivity contribution < 1.29 is 14.3 Å². The molecule has 1 aromatic carbocycles. The van der Waals surface area contributed by atoms with Crippen LogP contribution < -0.4 is 4.74 Å². The van der Waals surface area contributed by atoms with Crippen molar-refractivity contribution in [1.29, 1.82) is 0 Å². The lowest BCUT2D eigenvalue weighted by molar-refractivity contribution is -0.123. The predicted molar refractivity (Wildman–Crippen MR) is 153 cm³/mol. The first-order chi connectivity index (χ1) is 18.2. The van der Waals surface area contributed by atoms with Gasteiger partial charge in [0.05, 0.1) is 23.4 Å². The molecule has 4 atom stereocenters. The number of benzene rings is 1. The molecular weight excluding hydrogens is 498 g/mol. The number of hydrogen-bond donors (Lipinski definition) is 1. The molecule has 8 heteroatoms. The fourth-order valence-electron chi connectivity index (χ4n) is 6.02. The van der Waals surface area contributed by atoms with Gasteiger partial charge in [-0.3, -0.25) is 9.59 Å². The summed E-state index contributed by atoms with van der Waals surface area (Å²) < 4.78 is 5.56. The van der Waals surface area contributed by atoms with Gasteiger partial charge in [0.25, 0.3) is 0 Å². The van der Waals surface area contributed by atoms with Gasteiger partial charge in [-0.1, -0.05) is 68.6 Å². The number of fused-ring (bicyclic) bond motifs is 2. The van der Waals surface area contributed by atoms with Crippen molar-refractivity contribution in [3.63, 3.8) is 0 Å². The highest BCUT2D eigenvalue weighted by molar-refractivity contribution is 7.99. The van der Waals surface area contributed by atoms with Crippen molar-refractivity contribution in [2.45, 2.75) is 83.3 Å². The van der Waals surface area contributed by atoms with Crippen LogP contribution in [0.2, 0.25) is 0 Å². The Hall–Kier alpha value is -2.74. The van der Waals surface area contributed by atoms with Crippen molar-refractivity contribution in [3.05, 3.63) is 46.9 Å². The van der Waals surface area contributed by atoms with Crippen LogP contribution in [0.15, 0.2) is 52.3 Å². The maximum absolute atomic E-state index is 13.6. The highest BCUT2D eigenvalue weighted by atomic mass is 32.2. The zero-order valence-corrected chi connectivity index (χ0v) is 23.7. The van der Waals surface area contributed by atoms with Gasteiger partial charge in [-0.15, -0.1) is 4.91 Å². The van der Waals surface area contributed by atoms with E-state index < -0.39 is 5.54 Å². The van der Waals surface area contributed by atoms with E-state index >= 15 is 0 Å². The Balaban J connectivity index is 1.38. The normalized spacial score (nSPS) is 23.4. The van der Waals surface area contributed by atoms with E-state index in [0.29, 0.717) is 30.5 Å². The van der Waals surface area contributed by atoms with E-state index in [1.165, 1.54) is 17.3 Å². The monoisotopic (exact) mass is 537 g/mol. The van der Waals surface area contributed by atoms with Crippen LogP contribution in [0.25, 0.3) is 11.0 Å². The fraction of sp³-hybridized carbons (Fsp3) is 0.567. The molecule has 2 aromatic rings. The van der Waals surface area contributed by atoms with E-state index in [1.54, 1.807) is 12.2 Å². The minimum Gasteiger partial charge on any atom is -0.494 e. The summed E-state index contributed by atoms with van der Waals surface area (Å²) in [5, 5.41) is 4.17. The Morgan fingerprint density at radius 3 is 2.92 bits per heavy atom. The van der Waals surface area contributed by atoms with Gasteiger partial charge in [-0.2, -0.15) is 0 Å². The Kier molecular flexibility index (Phi) is 8.91. The van der Waals surface area contributed by atoms with Gasteiger partial charge in [-0.25, -0.2) is 4.98 Å². The third-order valence-electron chi connectivity index (χ3n) is 8.53. The largest absolute Gasteiger partial charge is 0.494 e. The highest BCUT2D eigenvalue weighted by Crippen LogP contribution is 2.47. The van der Waals surface area contributed by atoms with E-state index in [-0.39, 0.29) is 28.7 Å². The minimum absolute atomic E-state index is 0.0595. The topological polar surface area (TPSA) is 101 Å². The zero-order valence-electron chi connectivity index (χ0n) is 22.9. The molecule has 1 aromatic heterocycles. The van der Waals surface area contributed by atoms with Crippen molar-refractivity contribution in [2.24, 2.45) is 22.4 Å². The van der Waals surface area contributed by atoms with Crippen LogP contribution in [0.1, 0.15) is 72.6 Å². The first-order valence-corrected chi connectivity index (χ1v) is 14.8. The lowest BCUT2D eigenvalue weighted by Crippen LogP contribution is -2.44. The van der Waals surface area contributed by atoms with E-state index in [0.717, 1.165) is 48.9 Å². The van der Waals surface area contributed by atoms with Crippen molar-refractivity contribution >= 4 is 34.4 Å². The van der Waals surface area contributed by atoms with Gasteiger partial charge in [0.15, 0.2) is 22.3 Å². The number of rotatable bonds is 13. The molecule has 204 valence electrons. The summed E-state index contributed by atoms with van der Waals surface area (Å²) in [5.74, 6) is 1.23. The van der Waals surface area contributed by atoms with Gasteiger partial charge in [0.1, 0.15) is 5.75 Å². The molecule has 7 nitrogen and oxygen atoms in total. The van der Waals surface area contributed by atoms with Crippen molar-refractivity contribution in [2.75, 3.05) is 12.4 Å². The number of allylic oxidation sites excluding steroid dienone is 4. The summed E-state index contributed by atoms with van der Waals surface area (Å²) in [6.07, 6.45) is 11.4. The molecule has 1 heterocycles. The standard InChI is InChI=1S/C30H39N3O4S/c1-5-20(3)30(33-36,14-7-8-21-9-10-22-16-23(34)13-15-29(22,4)18-21)27(35)19-38-28-31-25-12-11-24(37-6-2)17-26(25)32-28/h11-13,15-17,20-21H,5-10,14,18-19H2,1-4H3,(H,31,32)/t20?,21?,29?,30-/m1/s1. The molecule has 0 amide bonds. The number of nitroso groups, excluding NO2 is 1. The predicted octanol–water partition coefficient (Wildman–Crippen LogP) is 7.22. The lowest BCUT2D eigenvalue weighted by atomic mass is 9.64. The van der Waals surface area contributed by atoms with Gasteiger partial charge in [0, 0.05) is 11.5 Å². The number of imidazole rings is 1. The SMILES string of the molecule is CCOc1ccc2nc(SCC(=O)[C@](CCCC3CCC4=CC(=O)C=CC4(C)C3)(N=O)C(C)CC)[nH]c2c1. The zero-order chi connectivity index (χ0) is 27.3. The molecule has 0 radical (unpaired) electrons. The second-order valence-corrected chi connectivity index (χ2v) is 12.0. The smallest absolute Gasteiger partial charge is 0.178 e. The van der Waals surface area contributed by atoms with Crippen LogP contribution >= 0.6 is 11.8 Å². The van der Waals surface area contributed by atoms with Gasteiger partial charge in [0.2, 0.25) is 0 Å². The second kappa shape index (κ2) is 12.0. The van der Waals surface area contributed by atoms with E-state index in [9.17, 15) is 14.5 Å². The van der Waals surface area contributed by atoms with Gasteiger partial charge in [-0.05, 0) is 68.7 Å². The highest BCUT2D eigenvalue weighted by Gasteiger charge is 2.44. The molecule has 0 saturated heterocycles. The first-order valence-electron chi connectivity index (χ1n) is 13.8. The molecule has 1 fully saturated rings. The third-order valence-corrected chi connectivity index (χ3v) is 9.40. The van der Waals surface area contributed by atoms with Crippen LogP contribution in [0.4, 0.5) is 0 Å². The molecule has 0 bridgehead atoms. The van der Waals surface area contributed by atoms with Crippen molar-refractivity contribution in [1.82, 2.24) is 9.97 Å². The number of aromatic amines is 1. The summed E-state index contributed by atoms with van der Waals surface area (Å²) >= 11 is 1.32. The van der Waals surface area contributed by atoms with E-state index in [4.69, 9.17) is 4.74 Å². The van der Waals surface area contributed by atoms with Crippen LogP contribution in [-0.4, -0.2) is 39.4 Å². The molecule has 3 unspecified atom stereocenters. The number of Topliss-reactive ketones (excluding diaryl/α,β-unsaturated/α-hetero) is 1. The molecule has 0 aliphatic heterocycles. The van der Waals surface area contributed by atoms with Crippen LogP contribution in [-0.2, 0) is 9.59 Å². The molecule has 38 heavy (non-hydrogen) atoms. The number of nitrogens with one attached hydrogen (secondary N) is 1. The number of hydrogen-bond acceptors (Lipinski definition) is 7. The number of thioether (sulfide) groups is 1. The number of aromatic nitrogens is 2. The summed E-state index contributed by atoms with van der Waals surface area (Å²) in [4.78, 5) is 45.5. The van der Waals surface area contributed by atoms with Crippen LogP contribution in [0.3, 0.4) is 0 Å². The maximum Gasteiger partial charge on any atom is 0.178 e. The molecule has 2 aliphatic carbocycles. The van der Waals surface area contributed by atoms with E-state index in [1.807, 2.05) is 39.0 Å². The Bertz CT molecular complexity index is 1250. The van der Waals surface area contributed by atoms with Crippen LogP contribution in [0, 0.1) is 22.2 Å². The average Bonchev–Trinajstić information content (AvgIpc) is 3.32. The number of ether oxygens (including phenoxy) is 1. The molecule has 4 rings (SSSR count). The summed E-state index contributed by atoms with van der Waals surface area (Å²) in [7, 11) is 0. The second-order valence-electron chi connectivity index (χ2n) is 11.0. The molecule has 2 aliphatic rings. The lowest BCUT2D eigenvalue weighted by Gasteiger charge is -2.40. The Labute approximate surface area is 229 Å². The Morgan fingerprint density at radius 2 is 2.18 bits per heavy atom. The number of nitrogens with zero attached hydrogens (tertiary/aromatic N) is 2. The third kappa shape index (κ3) is 5.95. The molecule has 1 saturated carbocycles. The van der Waals surface area contributed by atoms with Gasteiger partial charge >= 0.3 is 0 Å².